The number of benzene rings is 1. The van der Waals surface area contributed by atoms with Crippen LogP contribution in [0.2, 0.25) is 0 Å². The minimum Gasteiger partial charge on any atom is -0.466 e. The number of rotatable bonds is 6. The Labute approximate surface area is 195 Å². The summed E-state index contributed by atoms with van der Waals surface area (Å²) in [5.74, 6) is 0.198. The first-order chi connectivity index (χ1) is 16.4. The molecule has 1 aliphatic carbocycles. The second-order valence-electron chi connectivity index (χ2n) is 8.88. The second kappa shape index (κ2) is 8.51. The van der Waals surface area contributed by atoms with Crippen molar-refractivity contribution in [3.8, 4) is 0 Å². The van der Waals surface area contributed by atoms with E-state index in [9.17, 15) is 14.4 Å². The van der Waals surface area contributed by atoms with Crippen LogP contribution in [0.5, 0.6) is 0 Å². The van der Waals surface area contributed by atoms with Gasteiger partial charge in [0.1, 0.15) is 0 Å². The third-order valence-electron chi connectivity index (χ3n) is 6.66. The number of carbonyl (C=O) groups excluding carboxylic acids is 1. The van der Waals surface area contributed by atoms with E-state index in [0.29, 0.717) is 30.1 Å². The molecule has 10 heteroatoms. The Morgan fingerprint density at radius 2 is 2.00 bits per heavy atom. The van der Waals surface area contributed by atoms with Gasteiger partial charge in [0.15, 0.2) is 11.2 Å². The van der Waals surface area contributed by atoms with E-state index >= 15 is 0 Å². The van der Waals surface area contributed by atoms with Crippen molar-refractivity contribution in [2.75, 3.05) is 11.9 Å². The van der Waals surface area contributed by atoms with E-state index in [1.54, 1.807) is 25.6 Å². The van der Waals surface area contributed by atoms with Gasteiger partial charge in [0, 0.05) is 31.3 Å². The molecule has 2 atom stereocenters. The molecule has 0 spiro atoms. The molecule has 4 aromatic rings. The SMILES string of the molecule is CCOC(=O)[C@@H]1CC[C@H](Nc2nc3c(c(=O)n(Cc4cc5ccccc5[nH]4)c(=O)n3C)n2C)C1. The summed E-state index contributed by atoms with van der Waals surface area (Å²) in [5.41, 5.74) is 1.58. The van der Waals surface area contributed by atoms with Crippen LogP contribution in [-0.4, -0.2) is 42.3 Å². The highest BCUT2D eigenvalue weighted by molar-refractivity contribution is 5.80. The summed E-state index contributed by atoms with van der Waals surface area (Å²) in [4.78, 5) is 46.4. The van der Waals surface area contributed by atoms with Crippen molar-refractivity contribution in [2.24, 2.45) is 20.0 Å². The summed E-state index contributed by atoms with van der Waals surface area (Å²) < 4.78 is 9.47. The number of para-hydroxylation sites is 1. The van der Waals surface area contributed by atoms with Crippen LogP contribution >= 0.6 is 0 Å². The molecule has 1 saturated carbocycles. The first kappa shape index (κ1) is 22.0. The van der Waals surface area contributed by atoms with Crippen molar-refractivity contribution in [2.45, 2.75) is 38.8 Å². The van der Waals surface area contributed by atoms with Crippen LogP contribution in [0.4, 0.5) is 5.95 Å². The average molecular weight is 465 g/mol. The highest BCUT2D eigenvalue weighted by Crippen LogP contribution is 2.29. The minimum absolute atomic E-state index is 0.0375. The molecule has 0 radical (unpaired) electrons. The Bertz CT molecular complexity index is 1470. The van der Waals surface area contributed by atoms with E-state index in [0.717, 1.165) is 29.4 Å². The van der Waals surface area contributed by atoms with Crippen molar-refractivity contribution in [1.29, 1.82) is 0 Å². The summed E-state index contributed by atoms with van der Waals surface area (Å²) in [6.45, 7) is 2.31. The Hall–Kier alpha value is -3.82. The highest BCUT2D eigenvalue weighted by atomic mass is 16.5. The number of hydrogen-bond donors (Lipinski definition) is 2. The predicted octanol–water partition coefficient (Wildman–Crippen LogP) is 2.11. The van der Waals surface area contributed by atoms with Crippen molar-refractivity contribution >= 4 is 34.0 Å². The number of esters is 1. The number of carbonyl (C=O) groups is 1. The molecule has 0 aliphatic heterocycles. The zero-order chi connectivity index (χ0) is 24.0. The van der Waals surface area contributed by atoms with Gasteiger partial charge >= 0.3 is 11.7 Å². The fourth-order valence-corrected chi connectivity index (χ4v) is 4.87. The maximum absolute atomic E-state index is 13.4. The maximum Gasteiger partial charge on any atom is 0.332 e. The van der Waals surface area contributed by atoms with E-state index in [-0.39, 0.29) is 24.5 Å². The molecular weight excluding hydrogens is 436 g/mol. The topological polar surface area (TPSA) is 116 Å². The largest absolute Gasteiger partial charge is 0.466 e. The molecule has 10 nitrogen and oxygen atoms in total. The lowest BCUT2D eigenvalue weighted by molar-refractivity contribution is -0.147. The van der Waals surface area contributed by atoms with Gasteiger partial charge in [-0.25, -0.2) is 4.79 Å². The van der Waals surface area contributed by atoms with Gasteiger partial charge in [0.05, 0.1) is 19.1 Å². The third-order valence-corrected chi connectivity index (χ3v) is 6.66. The lowest BCUT2D eigenvalue weighted by Gasteiger charge is -2.13. The number of aromatic amines is 1. The average Bonchev–Trinajstić information content (AvgIpc) is 3.53. The number of ether oxygens (including phenoxy) is 1. The van der Waals surface area contributed by atoms with E-state index < -0.39 is 11.2 Å². The fourth-order valence-electron chi connectivity index (χ4n) is 4.87. The lowest BCUT2D eigenvalue weighted by atomic mass is 10.1. The Balaban J connectivity index is 1.47. The van der Waals surface area contributed by atoms with Gasteiger partial charge in [0.25, 0.3) is 5.56 Å². The molecule has 5 rings (SSSR count). The molecule has 2 N–H and O–H groups in total. The van der Waals surface area contributed by atoms with Gasteiger partial charge in [-0.05, 0) is 43.7 Å². The molecule has 34 heavy (non-hydrogen) atoms. The summed E-state index contributed by atoms with van der Waals surface area (Å²) in [6, 6.07) is 9.80. The molecule has 1 aliphatic rings. The van der Waals surface area contributed by atoms with Crippen LogP contribution in [0.3, 0.4) is 0 Å². The lowest BCUT2D eigenvalue weighted by Crippen LogP contribution is -2.39. The molecule has 178 valence electrons. The van der Waals surface area contributed by atoms with Gasteiger partial charge in [-0.15, -0.1) is 0 Å². The molecule has 0 amide bonds. The van der Waals surface area contributed by atoms with Gasteiger partial charge in [-0.1, -0.05) is 18.2 Å². The number of aryl methyl sites for hydroxylation is 2. The zero-order valence-electron chi connectivity index (χ0n) is 19.5. The number of nitrogens with zero attached hydrogens (tertiary/aromatic N) is 4. The summed E-state index contributed by atoms with van der Waals surface area (Å²) in [7, 11) is 3.38. The molecule has 1 aromatic carbocycles. The van der Waals surface area contributed by atoms with E-state index in [2.05, 4.69) is 15.3 Å². The highest BCUT2D eigenvalue weighted by Gasteiger charge is 2.32. The van der Waals surface area contributed by atoms with Gasteiger partial charge in [0.2, 0.25) is 5.95 Å². The first-order valence-corrected chi connectivity index (χ1v) is 11.5. The normalized spacial score (nSPS) is 18.1. The van der Waals surface area contributed by atoms with Crippen LogP contribution in [-0.2, 0) is 30.2 Å². The Morgan fingerprint density at radius 3 is 2.76 bits per heavy atom. The molecule has 0 bridgehead atoms. The number of nitrogens with one attached hydrogen (secondary N) is 2. The van der Waals surface area contributed by atoms with Crippen LogP contribution < -0.4 is 16.6 Å². The van der Waals surface area contributed by atoms with Crippen LogP contribution in [0.15, 0.2) is 39.9 Å². The van der Waals surface area contributed by atoms with Crippen molar-refractivity contribution in [1.82, 2.24) is 23.7 Å². The number of imidazole rings is 1. The zero-order valence-corrected chi connectivity index (χ0v) is 19.5. The van der Waals surface area contributed by atoms with Gasteiger partial charge in [-0.3, -0.25) is 18.7 Å². The molecule has 0 saturated heterocycles. The molecule has 1 fully saturated rings. The van der Waals surface area contributed by atoms with Crippen molar-refractivity contribution < 1.29 is 9.53 Å². The van der Waals surface area contributed by atoms with Crippen LogP contribution in [0, 0.1) is 5.92 Å². The monoisotopic (exact) mass is 464 g/mol. The number of anilines is 1. The third kappa shape index (κ3) is 3.68. The van der Waals surface area contributed by atoms with Crippen molar-refractivity contribution in [3.05, 3.63) is 56.9 Å². The smallest absolute Gasteiger partial charge is 0.332 e. The second-order valence-corrected chi connectivity index (χ2v) is 8.88. The van der Waals surface area contributed by atoms with Crippen LogP contribution in [0.1, 0.15) is 31.9 Å². The molecule has 3 aromatic heterocycles. The van der Waals surface area contributed by atoms with E-state index in [1.807, 2.05) is 30.3 Å². The standard InChI is InChI=1S/C24H28N6O4/c1-4-34-22(32)15-9-10-16(12-15)26-23-27-20-19(28(23)2)21(31)30(24(33)29(20)3)13-17-11-14-7-5-6-8-18(14)25-17/h5-8,11,15-16,25H,4,9-10,12-13H2,1-3H3,(H,26,27)/t15-,16+/m1/s1. The van der Waals surface area contributed by atoms with E-state index in [1.165, 1.54) is 9.13 Å². The summed E-state index contributed by atoms with van der Waals surface area (Å²) in [6.07, 6.45) is 2.19. The molecular formula is C24H28N6O4. The first-order valence-electron chi connectivity index (χ1n) is 11.5. The number of H-pyrrole nitrogens is 1. The Kier molecular flexibility index (Phi) is 5.51. The molecule has 3 heterocycles. The summed E-state index contributed by atoms with van der Waals surface area (Å²) in [5, 5.41) is 4.38. The number of hydrogen-bond acceptors (Lipinski definition) is 6. The number of aromatic nitrogens is 5. The van der Waals surface area contributed by atoms with Gasteiger partial charge in [-0.2, -0.15) is 4.98 Å². The minimum atomic E-state index is -0.427. The fraction of sp³-hybridized carbons (Fsp3) is 0.417. The maximum atomic E-state index is 13.4. The quantitative estimate of drug-likeness (QED) is 0.422. The summed E-state index contributed by atoms with van der Waals surface area (Å²) >= 11 is 0. The van der Waals surface area contributed by atoms with Crippen molar-refractivity contribution in [3.63, 3.8) is 0 Å². The van der Waals surface area contributed by atoms with Crippen LogP contribution in [0.25, 0.3) is 22.1 Å². The number of fused-ring (bicyclic) bond motifs is 2. The Morgan fingerprint density at radius 1 is 1.21 bits per heavy atom. The molecule has 0 unspecified atom stereocenters. The van der Waals surface area contributed by atoms with Gasteiger partial charge < -0.3 is 19.6 Å². The van der Waals surface area contributed by atoms with E-state index in [4.69, 9.17) is 4.74 Å². The predicted molar refractivity (Wildman–Crippen MR) is 129 cm³/mol.